The van der Waals surface area contributed by atoms with E-state index in [1.165, 1.54) is 12.8 Å². The summed E-state index contributed by atoms with van der Waals surface area (Å²) < 4.78 is 4.08. The van der Waals surface area contributed by atoms with E-state index in [2.05, 4.69) is 26.9 Å². The lowest BCUT2D eigenvalue weighted by Crippen LogP contribution is -2.40. The second-order valence-electron chi connectivity index (χ2n) is 5.90. The van der Waals surface area contributed by atoms with Gasteiger partial charge in [0, 0.05) is 31.9 Å². The number of aromatic nitrogens is 4. The molecular weight excluding hydrogens is 238 g/mol. The van der Waals surface area contributed by atoms with E-state index < -0.39 is 0 Å². The van der Waals surface area contributed by atoms with Crippen LogP contribution in [-0.2, 0) is 13.6 Å². The van der Waals surface area contributed by atoms with Crippen LogP contribution in [0, 0.1) is 5.41 Å². The van der Waals surface area contributed by atoms with Gasteiger partial charge in [0.1, 0.15) is 0 Å². The molecule has 2 aromatic heterocycles. The van der Waals surface area contributed by atoms with Crippen molar-refractivity contribution >= 4 is 0 Å². The Hall–Kier alpha value is -1.62. The molecule has 2 aromatic rings. The van der Waals surface area contributed by atoms with Gasteiger partial charge in [0.25, 0.3) is 0 Å². The highest BCUT2D eigenvalue weighted by atomic mass is 15.2. The molecule has 0 spiro atoms. The number of nitrogens with zero attached hydrogens (tertiary/aromatic N) is 4. The van der Waals surface area contributed by atoms with Gasteiger partial charge in [-0.1, -0.05) is 6.92 Å². The van der Waals surface area contributed by atoms with Crippen LogP contribution in [0.1, 0.15) is 19.8 Å². The van der Waals surface area contributed by atoms with Gasteiger partial charge in [0.05, 0.1) is 24.4 Å². The summed E-state index contributed by atoms with van der Waals surface area (Å²) in [6, 6.07) is 0. The SMILES string of the molecule is Cn1cc(-c2cncn2CC2(C)CCCNC2)cn1. The highest BCUT2D eigenvalue weighted by molar-refractivity contribution is 5.56. The molecular formula is C14H21N5. The third-order valence-electron chi connectivity index (χ3n) is 3.95. The number of hydrogen-bond acceptors (Lipinski definition) is 3. The van der Waals surface area contributed by atoms with E-state index in [0.717, 1.165) is 30.9 Å². The maximum absolute atomic E-state index is 4.31. The Morgan fingerprint density at radius 2 is 2.32 bits per heavy atom. The lowest BCUT2D eigenvalue weighted by atomic mass is 9.82. The van der Waals surface area contributed by atoms with Gasteiger partial charge in [-0.05, 0) is 24.8 Å². The molecule has 1 atom stereocenters. The quantitative estimate of drug-likeness (QED) is 0.912. The predicted molar refractivity (Wildman–Crippen MR) is 74.6 cm³/mol. The predicted octanol–water partition coefficient (Wildman–Crippen LogP) is 1.67. The molecule has 19 heavy (non-hydrogen) atoms. The van der Waals surface area contributed by atoms with Crippen molar-refractivity contribution in [2.24, 2.45) is 12.5 Å². The Kier molecular flexibility index (Phi) is 3.14. The summed E-state index contributed by atoms with van der Waals surface area (Å²) in [5.41, 5.74) is 2.60. The van der Waals surface area contributed by atoms with Crippen molar-refractivity contribution in [3.63, 3.8) is 0 Å². The number of nitrogens with one attached hydrogen (secondary N) is 1. The van der Waals surface area contributed by atoms with E-state index >= 15 is 0 Å². The molecule has 0 amide bonds. The molecule has 5 nitrogen and oxygen atoms in total. The molecule has 0 saturated carbocycles. The van der Waals surface area contributed by atoms with Gasteiger partial charge >= 0.3 is 0 Å². The fourth-order valence-corrected chi connectivity index (χ4v) is 2.91. The van der Waals surface area contributed by atoms with Crippen LogP contribution in [-0.4, -0.2) is 32.4 Å². The van der Waals surface area contributed by atoms with Crippen LogP contribution in [0.4, 0.5) is 0 Å². The van der Waals surface area contributed by atoms with E-state index in [1.807, 2.05) is 36.6 Å². The average Bonchev–Trinajstić information content (AvgIpc) is 2.98. The maximum atomic E-state index is 4.31. The number of imidazole rings is 1. The summed E-state index contributed by atoms with van der Waals surface area (Å²) in [5, 5.41) is 7.74. The molecule has 0 aromatic carbocycles. The molecule has 1 aliphatic rings. The third kappa shape index (κ3) is 2.56. The minimum atomic E-state index is 0.315. The zero-order chi connectivity index (χ0) is 13.3. The molecule has 0 aliphatic carbocycles. The van der Waals surface area contributed by atoms with Crippen molar-refractivity contribution in [2.75, 3.05) is 13.1 Å². The van der Waals surface area contributed by atoms with Crippen molar-refractivity contribution in [1.82, 2.24) is 24.6 Å². The van der Waals surface area contributed by atoms with Crippen LogP contribution in [0.5, 0.6) is 0 Å². The molecule has 102 valence electrons. The van der Waals surface area contributed by atoms with Crippen molar-refractivity contribution in [1.29, 1.82) is 0 Å². The Bertz CT molecular complexity index is 548. The lowest BCUT2D eigenvalue weighted by molar-refractivity contribution is 0.202. The Labute approximate surface area is 113 Å². The van der Waals surface area contributed by atoms with Crippen molar-refractivity contribution in [3.8, 4) is 11.3 Å². The first kappa shape index (κ1) is 12.4. The molecule has 1 aliphatic heterocycles. The normalized spacial score (nSPS) is 23.7. The van der Waals surface area contributed by atoms with Crippen molar-refractivity contribution in [3.05, 3.63) is 24.9 Å². The third-order valence-corrected chi connectivity index (χ3v) is 3.95. The smallest absolute Gasteiger partial charge is 0.0951 e. The summed E-state index contributed by atoms with van der Waals surface area (Å²) in [5.74, 6) is 0. The minimum Gasteiger partial charge on any atom is -0.330 e. The van der Waals surface area contributed by atoms with Gasteiger partial charge < -0.3 is 9.88 Å². The second kappa shape index (κ2) is 4.81. The highest BCUT2D eigenvalue weighted by Crippen LogP contribution is 2.29. The standard InChI is InChI=1S/C14H21N5/c1-14(4-3-5-15-9-14)10-19-11-16-7-13(19)12-6-17-18(2)8-12/h6-8,11,15H,3-5,9-10H2,1-2H3. The molecule has 1 saturated heterocycles. The molecule has 0 radical (unpaired) electrons. The van der Waals surface area contributed by atoms with Crippen LogP contribution in [0.25, 0.3) is 11.3 Å². The molecule has 1 N–H and O–H groups in total. The van der Waals surface area contributed by atoms with Gasteiger partial charge in [-0.3, -0.25) is 4.68 Å². The maximum Gasteiger partial charge on any atom is 0.0951 e. The number of piperidine rings is 1. The Balaban J connectivity index is 1.84. The fraction of sp³-hybridized carbons (Fsp3) is 0.571. The zero-order valence-electron chi connectivity index (χ0n) is 11.6. The first-order valence-electron chi connectivity index (χ1n) is 6.86. The molecule has 0 bridgehead atoms. The number of rotatable bonds is 3. The van der Waals surface area contributed by atoms with Crippen molar-refractivity contribution < 1.29 is 0 Å². The Morgan fingerprint density at radius 3 is 3.00 bits per heavy atom. The summed E-state index contributed by atoms with van der Waals surface area (Å²) in [4.78, 5) is 4.31. The molecule has 1 fully saturated rings. The fourth-order valence-electron chi connectivity index (χ4n) is 2.91. The van der Waals surface area contributed by atoms with Crippen LogP contribution >= 0.6 is 0 Å². The van der Waals surface area contributed by atoms with E-state index in [1.54, 1.807) is 0 Å². The monoisotopic (exact) mass is 259 g/mol. The Morgan fingerprint density at radius 1 is 1.42 bits per heavy atom. The van der Waals surface area contributed by atoms with Crippen LogP contribution in [0.15, 0.2) is 24.9 Å². The molecule has 1 unspecified atom stereocenters. The molecule has 5 heteroatoms. The highest BCUT2D eigenvalue weighted by Gasteiger charge is 2.27. The molecule has 3 heterocycles. The first-order chi connectivity index (χ1) is 9.16. The lowest BCUT2D eigenvalue weighted by Gasteiger charge is -2.34. The summed E-state index contributed by atoms with van der Waals surface area (Å²) >= 11 is 0. The van der Waals surface area contributed by atoms with Crippen molar-refractivity contribution in [2.45, 2.75) is 26.3 Å². The second-order valence-corrected chi connectivity index (χ2v) is 5.90. The number of hydrogen-bond donors (Lipinski definition) is 1. The van der Waals surface area contributed by atoms with Gasteiger partial charge in [0.2, 0.25) is 0 Å². The van der Waals surface area contributed by atoms with Crippen LogP contribution in [0.2, 0.25) is 0 Å². The van der Waals surface area contributed by atoms with Gasteiger partial charge in [0.15, 0.2) is 0 Å². The van der Waals surface area contributed by atoms with Gasteiger partial charge in [-0.2, -0.15) is 5.10 Å². The van der Waals surface area contributed by atoms with E-state index in [-0.39, 0.29) is 0 Å². The summed E-state index contributed by atoms with van der Waals surface area (Å²) in [6.07, 6.45) is 10.3. The van der Waals surface area contributed by atoms with E-state index in [4.69, 9.17) is 0 Å². The summed E-state index contributed by atoms with van der Waals surface area (Å²) in [7, 11) is 1.94. The minimum absolute atomic E-state index is 0.315. The van der Waals surface area contributed by atoms with Gasteiger partial charge in [-0.25, -0.2) is 4.98 Å². The van der Waals surface area contributed by atoms with E-state index in [0.29, 0.717) is 5.41 Å². The van der Waals surface area contributed by atoms with Crippen LogP contribution in [0.3, 0.4) is 0 Å². The zero-order valence-corrected chi connectivity index (χ0v) is 11.6. The van der Waals surface area contributed by atoms with Gasteiger partial charge in [-0.15, -0.1) is 0 Å². The number of aryl methyl sites for hydroxylation is 1. The van der Waals surface area contributed by atoms with Crippen LogP contribution < -0.4 is 5.32 Å². The topological polar surface area (TPSA) is 47.7 Å². The van der Waals surface area contributed by atoms with E-state index in [9.17, 15) is 0 Å². The average molecular weight is 259 g/mol. The summed E-state index contributed by atoms with van der Waals surface area (Å²) in [6.45, 7) is 5.59. The molecule has 3 rings (SSSR count). The largest absolute Gasteiger partial charge is 0.330 e. The first-order valence-corrected chi connectivity index (χ1v) is 6.86.